The predicted octanol–water partition coefficient (Wildman–Crippen LogP) is 3.00. The molecule has 3 heterocycles. The van der Waals surface area contributed by atoms with Gasteiger partial charge in [0.25, 0.3) is 17.7 Å². The Morgan fingerprint density at radius 3 is 2.80 bits per heavy atom. The van der Waals surface area contributed by atoms with Crippen molar-refractivity contribution in [2.45, 2.75) is 25.5 Å². The summed E-state index contributed by atoms with van der Waals surface area (Å²) in [4.78, 5) is 43.7. The fourth-order valence-corrected chi connectivity index (χ4v) is 4.75. The Morgan fingerprint density at radius 2 is 2.00 bits per heavy atom. The smallest absolute Gasteiger partial charge is 0.261 e. The van der Waals surface area contributed by atoms with Crippen LogP contribution < -0.4 is 5.32 Å². The number of amides is 3. The molecule has 1 atom stereocenters. The predicted molar refractivity (Wildman–Crippen MR) is 112 cm³/mol. The van der Waals surface area contributed by atoms with Gasteiger partial charge in [-0.3, -0.25) is 19.3 Å². The van der Waals surface area contributed by atoms with Crippen molar-refractivity contribution in [2.24, 2.45) is 0 Å². The topological polar surface area (TPSA) is 88.6 Å². The summed E-state index contributed by atoms with van der Waals surface area (Å²) in [6.45, 7) is 1.21. The third-order valence-corrected chi connectivity index (χ3v) is 6.42. The Bertz CT molecular complexity index is 1130. The zero-order chi connectivity index (χ0) is 20.7. The normalized spacial score (nSPS) is 18.3. The summed E-state index contributed by atoms with van der Waals surface area (Å²) in [5, 5.41) is 3.65. The molecule has 0 spiro atoms. The summed E-state index contributed by atoms with van der Waals surface area (Å²) in [5.41, 5.74) is 1.85. The van der Waals surface area contributed by atoms with Crippen molar-refractivity contribution in [3.05, 3.63) is 64.2 Å². The Balaban J connectivity index is 1.29. The van der Waals surface area contributed by atoms with Crippen LogP contribution in [0.5, 0.6) is 0 Å². The molecule has 8 heteroatoms. The molecular weight excluding hydrogens is 402 g/mol. The van der Waals surface area contributed by atoms with Crippen LogP contribution in [0.3, 0.4) is 0 Å². The summed E-state index contributed by atoms with van der Waals surface area (Å²) >= 11 is 1.53. The Kier molecular flexibility index (Phi) is 4.80. The average molecular weight is 421 g/mol. The number of thiazole rings is 1. The van der Waals surface area contributed by atoms with Gasteiger partial charge in [-0.1, -0.05) is 12.1 Å². The minimum Gasteiger partial charge on any atom is -0.376 e. The van der Waals surface area contributed by atoms with Gasteiger partial charge in [-0.05, 0) is 43.2 Å². The SMILES string of the molecule is O=C(NCc1nc2ccccc2s1)c1ccc2c(c1)C(=O)N(CC1CCCO1)C2=O. The van der Waals surface area contributed by atoms with Crippen LogP contribution in [0.4, 0.5) is 0 Å². The van der Waals surface area contributed by atoms with E-state index in [-0.39, 0.29) is 35.9 Å². The molecule has 5 rings (SSSR count). The summed E-state index contributed by atoms with van der Waals surface area (Å²) in [5.74, 6) is -1.01. The molecule has 2 aliphatic heterocycles. The first-order valence-corrected chi connectivity index (χ1v) is 10.7. The number of carbonyl (C=O) groups excluding carboxylic acids is 3. The number of rotatable bonds is 5. The van der Waals surface area contributed by atoms with Crippen LogP contribution in [0.1, 0.15) is 48.9 Å². The fraction of sp³-hybridized carbons (Fsp3) is 0.273. The lowest BCUT2D eigenvalue weighted by atomic mass is 10.1. The highest BCUT2D eigenvalue weighted by molar-refractivity contribution is 7.18. The summed E-state index contributed by atoms with van der Waals surface area (Å²) in [6.07, 6.45) is 1.67. The van der Waals surface area contributed by atoms with Crippen LogP contribution in [-0.4, -0.2) is 46.9 Å². The Hall–Kier alpha value is -3.10. The van der Waals surface area contributed by atoms with E-state index in [4.69, 9.17) is 4.74 Å². The summed E-state index contributed by atoms with van der Waals surface area (Å²) in [7, 11) is 0. The monoisotopic (exact) mass is 421 g/mol. The number of imide groups is 1. The van der Waals surface area contributed by atoms with E-state index >= 15 is 0 Å². The number of hydrogen-bond acceptors (Lipinski definition) is 6. The van der Waals surface area contributed by atoms with Crippen molar-refractivity contribution in [3.63, 3.8) is 0 Å². The second-order valence-corrected chi connectivity index (χ2v) is 8.49. The first-order valence-electron chi connectivity index (χ1n) is 9.84. The molecular formula is C22H19N3O4S. The second kappa shape index (κ2) is 7.62. The van der Waals surface area contributed by atoms with Crippen LogP contribution >= 0.6 is 11.3 Å². The molecule has 0 bridgehead atoms. The molecule has 3 aromatic rings. The van der Waals surface area contributed by atoms with E-state index in [1.165, 1.54) is 22.3 Å². The third-order valence-electron chi connectivity index (χ3n) is 5.38. The molecule has 0 aliphatic carbocycles. The fourth-order valence-electron chi connectivity index (χ4n) is 3.84. The van der Waals surface area contributed by atoms with Gasteiger partial charge in [0.1, 0.15) is 5.01 Å². The molecule has 3 amide bonds. The highest BCUT2D eigenvalue weighted by atomic mass is 32.1. The van der Waals surface area contributed by atoms with E-state index in [1.807, 2.05) is 24.3 Å². The molecule has 152 valence electrons. The lowest BCUT2D eigenvalue weighted by Crippen LogP contribution is -2.36. The number of hydrogen-bond donors (Lipinski definition) is 1. The zero-order valence-corrected chi connectivity index (χ0v) is 16.9. The van der Waals surface area contributed by atoms with Crippen molar-refractivity contribution in [1.82, 2.24) is 15.2 Å². The van der Waals surface area contributed by atoms with E-state index in [9.17, 15) is 14.4 Å². The van der Waals surface area contributed by atoms with Gasteiger partial charge in [-0.25, -0.2) is 4.98 Å². The molecule has 1 unspecified atom stereocenters. The second-order valence-electron chi connectivity index (χ2n) is 7.37. The molecule has 1 fully saturated rings. The highest BCUT2D eigenvalue weighted by Gasteiger charge is 2.37. The van der Waals surface area contributed by atoms with Crippen LogP contribution in [0.2, 0.25) is 0 Å². The first kappa shape index (κ1) is 18.9. The maximum absolute atomic E-state index is 12.8. The maximum Gasteiger partial charge on any atom is 0.261 e. The lowest BCUT2D eigenvalue weighted by molar-refractivity contribution is 0.0475. The van der Waals surface area contributed by atoms with Gasteiger partial charge in [0.05, 0.1) is 40.5 Å². The number of para-hydroxylation sites is 1. The van der Waals surface area contributed by atoms with E-state index in [0.717, 1.165) is 28.1 Å². The van der Waals surface area contributed by atoms with Crippen molar-refractivity contribution in [3.8, 4) is 0 Å². The number of nitrogens with zero attached hydrogens (tertiary/aromatic N) is 2. The standard InChI is InChI=1S/C22H19N3O4S/c26-20(23-11-19-24-17-5-1-2-6-18(17)30-19)13-7-8-15-16(10-13)22(28)25(21(15)27)12-14-4-3-9-29-14/h1-2,5-8,10,14H,3-4,9,11-12H2,(H,23,26). The van der Waals surface area contributed by atoms with Crippen molar-refractivity contribution in [1.29, 1.82) is 0 Å². The molecule has 0 saturated carbocycles. The average Bonchev–Trinajstić information content (AvgIpc) is 3.48. The van der Waals surface area contributed by atoms with E-state index in [2.05, 4.69) is 10.3 Å². The Morgan fingerprint density at radius 1 is 1.17 bits per heavy atom. The molecule has 1 aromatic heterocycles. The van der Waals surface area contributed by atoms with Crippen LogP contribution in [0, 0.1) is 0 Å². The van der Waals surface area contributed by atoms with Crippen LogP contribution in [-0.2, 0) is 11.3 Å². The molecule has 1 saturated heterocycles. The lowest BCUT2D eigenvalue weighted by Gasteiger charge is -2.17. The molecule has 7 nitrogen and oxygen atoms in total. The van der Waals surface area contributed by atoms with E-state index < -0.39 is 0 Å². The van der Waals surface area contributed by atoms with E-state index in [0.29, 0.717) is 24.3 Å². The van der Waals surface area contributed by atoms with Gasteiger partial charge in [0.15, 0.2) is 0 Å². The third kappa shape index (κ3) is 3.38. The van der Waals surface area contributed by atoms with Gasteiger partial charge in [-0.15, -0.1) is 11.3 Å². The maximum atomic E-state index is 12.8. The molecule has 2 aliphatic rings. The Labute approximate surface area is 176 Å². The zero-order valence-electron chi connectivity index (χ0n) is 16.1. The van der Waals surface area contributed by atoms with Gasteiger partial charge in [-0.2, -0.15) is 0 Å². The molecule has 1 N–H and O–H groups in total. The molecule has 30 heavy (non-hydrogen) atoms. The highest BCUT2D eigenvalue weighted by Crippen LogP contribution is 2.26. The quantitative estimate of drug-likeness (QED) is 0.640. The van der Waals surface area contributed by atoms with Gasteiger partial charge in [0.2, 0.25) is 0 Å². The summed E-state index contributed by atoms with van der Waals surface area (Å²) in [6, 6.07) is 12.4. The van der Waals surface area contributed by atoms with Crippen molar-refractivity contribution < 1.29 is 19.1 Å². The molecule has 0 radical (unpaired) electrons. The summed E-state index contributed by atoms with van der Waals surface area (Å²) < 4.78 is 6.62. The number of carbonyl (C=O) groups is 3. The first-order chi connectivity index (χ1) is 14.6. The van der Waals surface area contributed by atoms with Gasteiger partial charge >= 0.3 is 0 Å². The van der Waals surface area contributed by atoms with Gasteiger partial charge < -0.3 is 10.1 Å². The van der Waals surface area contributed by atoms with Crippen molar-refractivity contribution in [2.75, 3.05) is 13.2 Å². The van der Waals surface area contributed by atoms with Crippen LogP contribution in [0.25, 0.3) is 10.2 Å². The number of nitrogens with one attached hydrogen (secondary N) is 1. The van der Waals surface area contributed by atoms with Crippen molar-refractivity contribution >= 4 is 39.3 Å². The number of fused-ring (bicyclic) bond motifs is 2. The number of benzene rings is 2. The molecule has 2 aromatic carbocycles. The largest absolute Gasteiger partial charge is 0.376 e. The number of ether oxygens (including phenoxy) is 1. The van der Waals surface area contributed by atoms with Gasteiger partial charge in [0, 0.05) is 12.2 Å². The van der Waals surface area contributed by atoms with E-state index in [1.54, 1.807) is 12.1 Å². The number of aromatic nitrogens is 1. The minimum atomic E-state index is -0.369. The minimum absolute atomic E-state index is 0.108. The van der Waals surface area contributed by atoms with Crippen LogP contribution in [0.15, 0.2) is 42.5 Å².